The van der Waals surface area contributed by atoms with Crippen LogP contribution in [-0.2, 0) is 30.8 Å². The SMILES string of the molecule is O=C(NCc1ccccc1CN1CCOCC1)c1ccc2c(=O)n3c(nc2c1)CCCCCC3. The summed E-state index contributed by atoms with van der Waals surface area (Å²) in [6, 6.07) is 13.5. The number of hydrogen-bond donors (Lipinski definition) is 1. The predicted molar refractivity (Wildman–Crippen MR) is 132 cm³/mol. The van der Waals surface area contributed by atoms with E-state index in [4.69, 9.17) is 9.72 Å². The number of carbonyl (C=O) groups excluding carboxylic acids is 1. The van der Waals surface area contributed by atoms with Crippen molar-refractivity contribution in [1.82, 2.24) is 19.8 Å². The fourth-order valence-electron chi connectivity index (χ4n) is 4.90. The Balaban J connectivity index is 1.32. The highest BCUT2D eigenvalue weighted by atomic mass is 16.5. The van der Waals surface area contributed by atoms with Crippen LogP contribution in [-0.4, -0.2) is 46.7 Å². The fourth-order valence-corrected chi connectivity index (χ4v) is 4.90. The van der Waals surface area contributed by atoms with Crippen molar-refractivity contribution in [3.05, 3.63) is 75.3 Å². The van der Waals surface area contributed by atoms with Crippen LogP contribution in [0, 0.1) is 0 Å². The highest BCUT2D eigenvalue weighted by Crippen LogP contribution is 2.17. The minimum Gasteiger partial charge on any atom is -0.379 e. The van der Waals surface area contributed by atoms with Gasteiger partial charge in [-0.2, -0.15) is 0 Å². The van der Waals surface area contributed by atoms with Gasteiger partial charge in [0.25, 0.3) is 11.5 Å². The van der Waals surface area contributed by atoms with Gasteiger partial charge in [0.1, 0.15) is 5.82 Å². The average Bonchev–Trinajstić information content (AvgIpc) is 2.85. The zero-order chi connectivity index (χ0) is 23.3. The number of nitrogens with zero attached hydrogens (tertiary/aromatic N) is 3. The quantitative estimate of drug-likeness (QED) is 0.632. The Morgan fingerprint density at radius 1 is 0.971 bits per heavy atom. The summed E-state index contributed by atoms with van der Waals surface area (Å²) in [5.74, 6) is 0.684. The van der Waals surface area contributed by atoms with Gasteiger partial charge in [-0.05, 0) is 42.2 Å². The number of amides is 1. The minimum atomic E-state index is -0.156. The van der Waals surface area contributed by atoms with Crippen LogP contribution in [0.15, 0.2) is 47.3 Å². The number of hydrogen-bond acceptors (Lipinski definition) is 5. The lowest BCUT2D eigenvalue weighted by Crippen LogP contribution is -2.36. The third-order valence-electron chi connectivity index (χ3n) is 6.88. The molecule has 3 aromatic rings. The van der Waals surface area contributed by atoms with Crippen LogP contribution in [0.2, 0.25) is 0 Å². The molecule has 0 spiro atoms. The normalized spacial score (nSPS) is 17.1. The summed E-state index contributed by atoms with van der Waals surface area (Å²) in [4.78, 5) is 33.2. The largest absolute Gasteiger partial charge is 0.379 e. The van der Waals surface area contributed by atoms with Gasteiger partial charge < -0.3 is 10.1 Å². The Bertz CT molecular complexity index is 1230. The Morgan fingerprint density at radius 3 is 2.62 bits per heavy atom. The molecule has 2 aliphatic rings. The van der Waals surface area contributed by atoms with Gasteiger partial charge in [0.15, 0.2) is 0 Å². The lowest BCUT2D eigenvalue weighted by Gasteiger charge is -2.27. The molecule has 1 saturated heterocycles. The molecule has 34 heavy (non-hydrogen) atoms. The first-order chi connectivity index (χ1) is 16.7. The summed E-state index contributed by atoms with van der Waals surface area (Å²) in [6.07, 6.45) is 5.18. The molecule has 0 bridgehead atoms. The number of aromatic nitrogens is 2. The monoisotopic (exact) mass is 460 g/mol. The first-order valence-corrected chi connectivity index (χ1v) is 12.4. The van der Waals surface area contributed by atoms with Crippen LogP contribution in [0.3, 0.4) is 0 Å². The molecule has 0 aliphatic carbocycles. The van der Waals surface area contributed by atoms with E-state index < -0.39 is 0 Å². The molecule has 3 heterocycles. The highest BCUT2D eigenvalue weighted by molar-refractivity contribution is 5.97. The molecule has 1 fully saturated rings. The zero-order valence-corrected chi connectivity index (χ0v) is 19.6. The summed E-state index contributed by atoms with van der Waals surface area (Å²) in [5.41, 5.74) is 3.47. The second kappa shape index (κ2) is 10.5. The van der Waals surface area contributed by atoms with Gasteiger partial charge in [-0.25, -0.2) is 4.98 Å². The molecular formula is C27H32N4O3. The van der Waals surface area contributed by atoms with Crippen LogP contribution >= 0.6 is 0 Å². The van der Waals surface area contributed by atoms with E-state index >= 15 is 0 Å². The van der Waals surface area contributed by atoms with Gasteiger partial charge in [-0.1, -0.05) is 37.1 Å². The van der Waals surface area contributed by atoms with Gasteiger partial charge in [0, 0.05) is 44.7 Å². The van der Waals surface area contributed by atoms with E-state index in [9.17, 15) is 9.59 Å². The lowest BCUT2D eigenvalue weighted by molar-refractivity contribution is 0.0340. The van der Waals surface area contributed by atoms with Crippen LogP contribution < -0.4 is 10.9 Å². The molecule has 1 N–H and O–H groups in total. The molecule has 5 rings (SSSR count). The average molecular weight is 461 g/mol. The summed E-state index contributed by atoms with van der Waals surface area (Å²) in [5, 5.41) is 3.64. The van der Waals surface area contributed by atoms with E-state index in [1.807, 2.05) is 16.7 Å². The van der Waals surface area contributed by atoms with Gasteiger partial charge >= 0.3 is 0 Å². The third-order valence-corrected chi connectivity index (χ3v) is 6.88. The van der Waals surface area contributed by atoms with Gasteiger partial charge in [-0.3, -0.25) is 19.1 Å². The first kappa shape index (κ1) is 22.7. The first-order valence-electron chi connectivity index (χ1n) is 12.4. The van der Waals surface area contributed by atoms with Crippen molar-refractivity contribution in [1.29, 1.82) is 0 Å². The van der Waals surface area contributed by atoms with Crippen molar-refractivity contribution in [3.63, 3.8) is 0 Å². The van der Waals surface area contributed by atoms with E-state index in [-0.39, 0.29) is 11.5 Å². The number of benzene rings is 2. The van der Waals surface area contributed by atoms with Gasteiger partial charge in [0.2, 0.25) is 0 Å². The Labute approximate surface area is 199 Å². The summed E-state index contributed by atoms with van der Waals surface area (Å²) in [6.45, 7) is 5.41. The molecular weight excluding hydrogens is 428 g/mol. The Kier molecular flexibility index (Phi) is 7.02. The van der Waals surface area contributed by atoms with Gasteiger partial charge in [-0.15, -0.1) is 0 Å². The number of rotatable bonds is 5. The van der Waals surface area contributed by atoms with Crippen LogP contribution in [0.1, 0.15) is 53.0 Å². The highest BCUT2D eigenvalue weighted by Gasteiger charge is 2.16. The van der Waals surface area contributed by atoms with Crippen molar-refractivity contribution >= 4 is 16.8 Å². The lowest BCUT2D eigenvalue weighted by atomic mass is 10.1. The molecule has 0 saturated carbocycles. The fraction of sp³-hybridized carbons (Fsp3) is 0.444. The van der Waals surface area contributed by atoms with Crippen molar-refractivity contribution in [3.8, 4) is 0 Å². The number of morpholine rings is 1. The maximum absolute atomic E-state index is 13.0. The molecule has 0 unspecified atom stereocenters. The number of fused-ring (bicyclic) bond motifs is 2. The summed E-state index contributed by atoms with van der Waals surface area (Å²) >= 11 is 0. The second-order valence-corrected chi connectivity index (χ2v) is 9.22. The van der Waals surface area contributed by atoms with E-state index in [0.29, 0.717) is 23.0 Å². The Morgan fingerprint density at radius 2 is 1.76 bits per heavy atom. The van der Waals surface area contributed by atoms with Crippen LogP contribution in [0.4, 0.5) is 0 Å². The van der Waals surface area contributed by atoms with Crippen LogP contribution in [0.25, 0.3) is 10.9 Å². The van der Waals surface area contributed by atoms with Gasteiger partial charge in [0.05, 0.1) is 24.1 Å². The maximum atomic E-state index is 13.0. The minimum absolute atomic E-state index is 0.00546. The number of nitrogens with one attached hydrogen (secondary N) is 1. The molecule has 0 radical (unpaired) electrons. The molecule has 0 atom stereocenters. The zero-order valence-electron chi connectivity index (χ0n) is 19.6. The molecule has 7 nitrogen and oxygen atoms in total. The maximum Gasteiger partial charge on any atom is 0.261 e. The molecule has 1 amide bonds. The van der Waals surface area contributed by atoms with Crippen molar-refractivity contribution < 1.29 is 9.53 Å². The molecule has 2 aliphatic heterocycles. The topological polar surface area (TPSA) is 76.5 Å². The van der Waals surface area contributed by atoms with Crippen molar-refractivity contribution in [2.45, 2.75) is 51.7 Å². The molecule has 1 aromatic heterocycles. The predicted octanol–water partition coefficient (Wildman–Crippen LogP) is 3.28. The van der Waals surface area contributed by atoms with E-state index in [1.54, 1.807) is 18.2 Å². The molecule has 2 aromatic carbocycles. The number of aryl methyl sites for hydroxylation is 1. The van der Waals surface area contributed by atoms with Crippen molar-refractivity contribution in [2.75, 3.05) is 26.3 Å². The van der Waals surface area contributed by atoms with E-state index in [2.05, 4.69) is 22.3 Å². The summed E-state index contributed by atoms with van der Waals surface area (Å²) in [7, 11) is 0. The number of carbonyl (C=O) groups is 1. The molecule has 178 valence electrons. The smallest absolute Gasteiger partial charge is 0.261 e. The van der Waals surface area contributed by atoms with Crippen LogP contribution in [0.5, 0.6) is 0 Å². The molecule has 7 heteroatoms. The third kappa shape index (κ3) is 5.05. The number of ether oxygens (including phenoxy) is 1. The second-order valence-electron chi connectivity index (χ2n) is 9.22. The standard InChI is InChI=1S/C27H32N4O3/c32-26(28-18-21-7-4-5-8-22(21)19-30-13-15-34-16-14-30)20-10-11-23-24(17-20)29-25-9-3-1-2-6-12-31(25)27(23)33/h4-5,7-8,10-11,17H,1-3,6,9,12-16,18-19H2,(H,28,32). The Hall–Kier alpha value is -3.03. The summed E-state index contributed by atoms with van der Waals surface area (Å²) < 4.78 is 7.28. The van der Waals surface area contributed by atoms with E-state index in [1.165, 1.54) is 12.0 Å². The van der Waals surface area contributed by atoms with Crippen molar-refractivity contribution in [2.24, 2.45) is 0 Å². The van der Waals surface area contributed by atoms with E-state index in [0.717, 1.165) is 76.5 Å².